The van der Waals surface area contributed by atoms with Crippen LogP contribution in [0.4, 0.5) is 0 Å². The van der Waals surface area contributed by atoms with Crippen LogP contribution in [0.25, 0.3) is 0 Å². The van der Waals surface area contributed by atoms with Crippen molar-refractivity contribution in [2.45, 2.75) is 18.9 Å². The molecule has 2 aliphatic rings. The molecular formula is C16H21N3O. The average Bonchev–Trinajstić information content (AvgIpc) is 2.77. The van der Waals surface area contributed by atoms with E-state index in [1.165, 1.54) is 0 Å². The van der Waals surface area contributed by atoms with Crippen LogP contribution < -0.4 is 10.1 Å². The molecule has 0 aromatic heterocycles. The third-order valence-electron chi connectivity index (χ3n) is 4.51. The van der Waals surface area contributed by atoms with E-state index in [1.807, 2.05) is 24.3 Å². The van der Waals surface area contributed by atoms with Crippen molar-refractivity contribution in [1.29, 1.82) is 5.26 Å². The molecule has 20 heavy (non-hydrogen) atoms. The standard InChI is InChI=1S/C16H21N3O/c1-13-11-20-15-6-3-2-5-14(15)16(13,12-17)19-9-4-7-18-8-10-19/h2-3,5-6,13,18H,4,7-11H2,1H3. The summed E-state index contributed by atoms with van der Waals surface area (Å²) in [4.78, 5) is 2.35. The average molecular weight is 271 g/mol. The predicted molar refractivity (Wildman–Crippen MR) is 77.5 cm³/mol. The Labute approximate surface area is 120 Å². The SMILES string of the molecule is CC1COc2ccccc2C1(C#N)N1CCCNCC1. The van der Waals surface area contributed by atoms with Gasteiger partial charge in [0.05, 0.1) is 12.7 Å². The highest BCUT2D eigenvalue weighted by molar-refractivity contribution is 5.45. The number of fused-ring (bicyclic) bond motifs is 1. The number of benzene rings is 1. The number of ether oxygens (including phenoxy) is 1. The molecule has 0 spiro atoms. The van der Waals surface area contributed by atoms with Gasteiger partial charge in [0, 0.05) is 31.1 Å². The Morgan fingerprint density at radius 2 is 2.20 bits per heavy atom. The summed E-state index contributed by atoms with van der Waals surface area (Å²) in [6, 6.07) is 10.6. The van der Waals surface area contributed by atoms with Crippen molar-refractivity contribution in [2.75, 3.05) is 32.8 Å². The van der Waals surface area contributed by atoms with Gasteiger partial charge in [0.15, 0.2) is 0 Å². The summed E-state index contributed by atoms with van der Waals surface area (Å²) in [5.74, 6) is 1.03. The van der Waals surface area contributed by atoms with Crippen LogP contribution in [0.2, 0.25) is 0 Å². The monoisotopic (exact) mass is 271 g/mol. The van der Waals surface area contributed by atoms with Gasteiger partial charge in [0.2, 0.25) is 0 Å². The first-order valence-electron chi connectivity index (χ1n) is 7.38. The predicted octanol–water partition coefficient (Wildman–Crippen LogP) is 1.73. The molecule has 1 aromatic carbocycles. The Balaban J connectivity index is 2.08. The number of nitrogens with one attached hydrogen (secondary N) is 1. The van der Waals surface area contributed by atoms with E-state index in [0.717, 1.165) is 43.9 Å². The Morgan fingerprint density at radius 1 is 1.35 bits per heavy atom. The van der Waals surface area contributed by atoms with Gasteiger partial charge in [-0.2, -0.15) is 5.26 Å². The van der Waals surface area contributed by atoms with Gasteiger partial charge in [0.1, 0.15) is 11.3 Å². The lowest BCUT2D eigenvalue weighted by Crippen LogP contribution is -2.54. The summed E-state index contributed by atoms with van der Waals surface area (Å²) in [5, 5.41) is 13.4. The molecule has 4 nitrogen and oxygen atoms in total. The highest BCUT2D eigenvalue weighted by atomic mass is 16.5. The van der Waals surface area contributed by atoms with E-state index in [-0.39, 0.29) is 5.92 Å². The fraction of sp³-hybridized carbons (Fsp3) is 0.562. The smallest absolute Gasteiger partial charge is 0.144 e. The second-order valence-corrected chi connectivity index (χ2v) is 5.68. The number of hydrogen-bond donors (Lipinski definition) is 1. The van der Waals surface area contributed by atoms with Gasteiger partial charge in [-0.15, -0.1) is 0 Å². The first kappa shape index (κ1) is 13.4. The first-order chi connectivity index (χ1) is 9.79. The Bertz CT molecular complexity index is 517. The largest absolute Gasteiger partial charge is 0.493 e. The van der Waals surface area contributed by atoms with Crippen LogP contribution in [-0.2, 0) is 5.54 Å². The molecular weight excluding hydrogens is 250 g/mol. The summed E-state index contributed by atoms with van der Waals surface area (Å²) in [5.41, 5.74) is 0.476. The van der Waals surface area contributed by atoms with E-state index in [1.54, 1.807) is 0 Å². The first-order valence-corrected chi connectivity index (χ1v) is 7.38. The molecule has 0 aliphatic carbocycles. The Kier molecular flexibility index (Phi) is 3.64. The van der Waals surface area contributed by atoms with Gasteiger partial charge in [-0.1, -0.05) is 25.1 Å². The number of para-hydroxylation sites is 1. The molecule has 0 radical (unpaired) electrons. The molecule has 1 aromatic rings. The van der Waals surface area contributed by atoms with E-state index in [9.17, 15) is 5.26 Å². The van der Waals surface area contributed by atoms with Gasteiger partial charge in [0.25, 0.3) is 0 Å². The maximum absolute atomic E-state index is 10.0. The molecule has 0 saturated carbocycles. The van der Waals surface area contributed by atoms with Gasteiger partial charge in [-0.05, 0) is 19.0 Å². The normalized spacial score (nSPS) is 30.7. The molecule has 2 heterocycles. The highest BCUT2D eigenvalue weighted by Crippen LogP contribution is 2.44. The van der Waals surface area contributed by atoms with Crippen LogP contribution in [0.3, 0.4) is 0 Å². The summed E-state index contributed by atoms with van der Waals surface area (Å²) in [6.07, 6.45) is 1.08. The van der Waals surface area contributed by atoms with E-state index in [2.05, 4.69) is 23.2 Å². The third kappa shape index (κ3) is 1.98. The van der Waals surface area contributed by atoms with Crippen molar-refractivity contribution in [3.05, 3.63) is 29.8 Å². The van der Waals surface area contributed by atoms with Crippen LogP contribution in [0.5, 0.6) is 5.75 Å². The van der Waals surface area contributed by atoms with Gasteiger partial charge in [-0.25, -0.2) is 0 Å². The highest BCUT2D eigenvalue weighted by Gasteiger charge is 2.48. The minimum atomic E-state index is -0.555. The molecule has 1 N–H and O–H groups in total. The molecule has 2 atom stereocenters. The van der Waals surface area contributed by atoms with E-state index >= 15 is 0 Å². The lowest BCUT2D eigenvalue weighted by atomic mass is 9.76. The summed E-state index contributed by atoms with van der Waals surface area (Å²) in [7, 11) is 0. The Hall–Kier alpha value is -1.57. The number of hydrogen-bond acceptors (Lipinski definition) is 4. The van der Waals surface area contributed by atoms with E-state index < -0.39 is 5.54 Å². The summed E-state index contributed by atoms with van der Waals surface area (Å²) in [6.45, 7) is 6.57. The maximum atomic E-state index is 10.0. The number of nitrogens with zero attached hydrogens (tertiary/aromatic N) is 2. The molecule has 3 rings (SSSR count). The van der Waals surface area contributed by atoms with Crippen LogP contribution >= 0.6 is 0 Å². The zero-order valence-electron chi connectivity index (χ0n) is 11.9. The van der Waals surface area contributed by atoms with Crippen molar-refractivity contribution in [2.24, 2.45) is 5.92 Å². The summed E-state index contributed by atoms with van der Waals surface area (Å²) < 4.78 is 5.82. The fourth-order valence-corrected chi connectivity index (χ4v) is 3.43. The quantitative estimate of drug-likeness (QED) is 0.845. The molecule has 4 heteroatoms. The number of nitriles is 1. The molecule has 2 aliphatic heterocycles. The molecule has 1 saturated heterocycles. The third-order valence-corrected chi connectivity index (χ3v) is 4.51. The van der Waals surface area contributed by atoms with Crippen LogP contribution in [-0.4, -0.2) is 37.7 Å². The second kappa shape index (κ2) is 5.43. The van der Waals surface area contributed by atoms with Crippen LogP contribution in [0.1, 0.15) is 18.9 Å². The molecule has 0 bridgehead atoms. The lowest BCUT2D eigenvalue weighted by molar-refractivity contribution is 0.0413. The maximum Gasteiger partial charge on any atom is 0.144 e. The Morgan fingerprint density at radius 3 is 3.05 bits per heavy atom. The van der Waals surface area contributed by atoms with Crippen molar-refractivity contribution in [3.8, 4) is 11.8 Å². The van der Waals surface area contributed by atoms with Crippen molar-refractivity contribution in [3.63, 3.8) is 0 Å². The van der Waals surface area contributed by atoms with Crippen molar-refractivity contribution < 1.29 is 4.74 Å². The minimum Gasteiger partial charge on any atom is -0.493 e. The summed E-state index contributed by atoms with van der Waals surface area (Å²) >= 11 is 0. The van der Waals surface area contributed by atoms with Gasteiger partial charge < -0.3 is 10.1 Å². The minimum absolute atomic E-state index is 0.167. The second-order valence-electron chi connectivity index (χ2n) is 5.68. The molecule has 1 fully saturated rings. The van der Waals surface area contributed by atoms with E-state index in [0.29, 0.717) is 6.61 Å². The fourth-order valence-electron chi connectivity index (χ4n) is 3.43. The molecule has 106 valence electrons. The topological polar surface area (TPSA) is 48.3 Å². The zero-order valence-corrected chi connectivity index (χ0v) is 11.9. The van der Waals surface area contributed by atoms with Crippen molar-refractivity contribution >= 4 is 0 Å². The van der Waals surface area contributed by atoms with Crippen molar-refractivity contribution in [1.82, 2.24) is 10.2 Å². The van der Waals surface area contributed by atoms with E-state index in [4.69, 9.17) is 4.74 Å². The molecule has 2 unspecified atom stereocenters. The lowest BCUT2D eigenvalue weighted by Gasteiger charge is -2.45. The van der Waals surface area contributed by atoms with Crippen LogP contribution in [0, 0.1) is 17.2 Å². The van der Waals surface area contributed by atoms with Gasteiger partial charge >= 0.3 is 0 Å². The van der Waals surface area contributed by atoms with Crippen LogP contribution in [0.15, 0.2) is 24.3 Å². The molecule has 0 amide bonds. The number of rotatable bonds is 1. The van der Waals surface area contributed by atoms with Gasteiger partial charge in [-0.3, -0.25) is 4.90 Å². The zero-order chi connectivity index (χ0) is 14.0.